The minimum Gasteiger partial charge on any atom is -0.354 e. The van der Waals surface area contributed by atoms with Crippen LogP contribution in [-0.4, -0.2) is 29.8 Å². The summed E-state index contributed by atoms with van der Waals surface area (Å²) >= 11 is 1.88. The lowest BCUT2D eigenvalue weighted by Gasteiger charge is -2.15. The van der Waals surface area contributed by atoms with Crippen LogP contribution in [0.25, 0.3) is 0 Å². The van der Waals surface area contributed by atoms with Crippen LogP contribution in [0.4, 0.5) is 10.5 Å². The Labute approximate surface area is 135 Å². The quantitative estimate of drug-likeness (QED) is 0.781. The van der Waals surface area contributed by atoms with Crippen molar-refractivity contribution in [2.45, 2.75) is 44.2 Å². The number of urea groups is 1. The van der Waals surface area contributed by atoms with Crippen LogP contribution in [0, 0.1) is 6.92 Å². The molecule has 0 spiro atoms. The number of anilines is 1. The number of nitrogens with one attached hydrogen (secondary N) is 3. The van der Waals surface area contributed by atoms with E-state index in [0.29, 0.717) is 18.2 Å². The highest BCUT2D eigenvalue weighted by atomic mass is 32.2. The van der Waals surface area contributed by atoms with E-state index >= 15 is 0 Å². The van der Waals surface area contributed by atoms with Gasteiger partial charge in [-0.25, -0.2) is 4.79 Å². The highest BCUT2D eigenvalue weighted by Gasteiger charge is 2.23. The highest BCUT2D eigenvalue weighted by molar-refractivity contribution is 7.99. The van der Waals surface area contributed by atoms with Gasteiger partial charge in [0.2, 0.25) is 5.91 Å². The van der Waals surface area contributed by atoms with E-state index in [1.165, 1.54) is 5.56 Å². The van der Waals surface area contributed by atoms with Crippen LogP contribution in [-0.2, 0) is 10.5 Å². The SMILES string of the molecule is Cc1c(CSC(C)C)cccc1NC(=O)N[C@H]1CNC(=O)C1. The second kappa shape index (κ2) is 7.54. The van der Waals surface area contributed by atoms with Crippen LogP contribution in [0.1, 0.15) is 31.4 Å². The van der Waals surface area contributed by atoms with E-state index in [-0.39, 0.29) is 18.0 Å². The molecule has 3 N–H and O–H groups in total. The number of rotatable bonds is 5. The normalized spacial score (nSPS) is 17.5. The maximum atomic E-state index is 12.0. The monoisotopic (exact) mass is 321 g/mol. The summed E-state index contributed by atoms with van der Waals surface area (Å²) < 4.78 is 0. The summed E-state index contributed by atoms with van der Waals surface area (Å²) in [6.07, 6.45) is 0.345. The number of benzene rings is 1. The lowest BCUT2D eigenvalue weighted by Crippen LogP contribution is -2.39. The molecule has 0 saturated carbocycles. The zero-order valence-corrected chi connectivity index (χ0v) is 14.0. The molecule has 1 fully saturated rings. The summed E-state index contributed by atoms with van der Waals surface area (Å²) in [6.45, 7) is 6.86. The predicted molar refractivity (Wildman–Crippen MR) is 91.2 cm³/mol. The van der Waals surface area contributed by atoms with Gasteiger partial charge in [-0.15, -0.1) is 0 Å². The maximum absolute atomic E-state index is 12.0. The molecular formula is C16H23N3O2S. The van der Waals surface area contributed by atoms with Crippen molar-refractivity contribution < 1.29 is 9.59 Å². The van der Waals surface area contributed by atoms with Crippen molar-refractivity contribution in [2.24, 2.45) is 0 Å². The number of hydrogen-bond donors (Lipinski definition) is 3. The molecule has 5 nitrogen and oxygen atoms in total. The third kappa shape index (κ3) is 4.66. The zero-order valence-electron chi connectivity index (χ0n) is 13.2. The first kappa shape index (κ1) is 16.7. The van der Waals surface area contributed by atoms with Crippen molar-refractivity contribution in [1.29, 1.82) is 0 Å². The minimum absolute atomic E-state index is 0.0193. The average Bonchev–Trinajstić information content (AvgIpc) is 2.84. The Morgan fingerprint density at radius 3 is 2.86 bits per heavy atom. The van der Waals surface area contributed by atoms with Gasteiger partial charge in [0.1, 0.15) is 0 Å². The Bertz CT molecular complexity index is 560. The van der Waals surface area contributed by atoms with Crippen molar-refractivity contribution in [1.82, 2.24) is 10.6 Å². The van der Waals surface area contributed by atoms with E-state index in [4.69, 9.17) is 0 Å². The number of thioether (sulfide) groups is 1. The molecular weight excluding hydrogens is 298 g/mol. The smallest absolute Gasteiger partial charge is 0.319 e. The summed E-state index contributed by atoms with van der Waals surface area (Å²) in [6, 6.07) is 5.55. The zero-order chi connectivity index (χ0) is 16.1. The van der Waals surface area contributed by atoms with E-state index in [1.807, 2.05) is 30.8 Å². The molecule has 0 aromatic heterocycles. The van der Waals surface area contributed by atoms with E-state index in [2.05, 4.69) is 35.9 Å². The molecule has 1 aromatic carbocycles. The van der Waals surface area contributed by atoms with Crippen LogP contribution in [0.3, 0.4) is 0 Å². The van der Waals surface area contributed by atoms with Crippen molar-refractivity contribution >= 4 is 29.4 Å². The molecule has 0 aliphatic carbocycles. The molecule has 0 radical (unpaired) electrons. The molecule has 1 heterocycles. The van der Waals surface area contributed by atoms with Crippen molar-refractivity contribution in [3.8, 4) is 0 Å². The van der Waals surface area contributed by atoms with Gasteiger partial charge in [-0.1, -0.05) is 26.0 Å². The molecule has 2 rings (SSSR count). The standard InChI is InChI=1S/C16H23N3O2S/c1-10(2)22-9-12-5-4-6-14(11(12)3)19-16(21)18-13-7-15(20)17-8-13/h4-6,10,13H,7-9H2,1-3H3,(H,17,20)(H2,18,19,21)/t13-/m1/s1. The van der Waals surface area contributed by atoms with Gasteiger partial charge in [0, 0.05) is 24.4 Å². The number of hydrogen-bond acceptors (Lipinski definition) is 3. The van der Waals surface area contributed by atoms with E-state index in [1.54, 1.807) is 0 Å². The molecule has 1 atom stereocenters. The fraction of sp³-hybridized carbons (Fsp3) is 0.500. The highest BCUT2D eigenvalue weighted by Crippen LogP contribution is 2.24. The lowest BCUT2D eigenvalue weighted by atomic mass is 10.1. The lowest BCUT2D eigenvalue weighted by molar-refractivity contribution is -0.119. The molecule has 0 bridgehead atoms. The summed E-state index contributed by atoms with van der Waals surface area (Å²) in [5, 5.41) is 8.98. The fourth-order valence-corrected chi connectivity index (χ4v) is 3.11. The van der Waals surface area contributed by atoms with Crippen LogP contribution in [0.15, 0.2) is 18.2 Å². The molecule has 1 aliphatic heterocycles. The number of amides is 3. The van der Waals surface area contributed by atoms with E-state index in [9.17, 15) is 9.59 Å². The van der Waals surface area contributed by atoms with Crippen LogP contribution >= 0.6 is 11.8 Å². The summed E-state index contributed by atoms with van der Waals surface area (Å²) in [5.41, 5.74) is 3.14. The molecule has 22 heavy (non-hydrogen) atoms. The summed E-state index contributed by atoms with van der Waals surface area (Å²) in [7, 11) is 0. The number of carbonyl (C=O) groups excluding carboxylic acids is 2. The predicted octanol–water partition coefficient (Wildman–Crippen LogP) is 2.65. The van der Waals surface area contributed by atoms with Gasteiger partial charge in [-0.05, 0) is 29.4 Å². The summed E-state index contributed by atoms with van der Waals surface area (Å²) in [4.78, 5) is 23.2. The topological polar surface area (TPSA) is 70.2 Å². The number of carbonyl (C=O) groups is 2. The molecule has 6 heteroatoms. The Kier molecular flexibility index (Phi) is 5.71. The van der Waals surface area contributed by atoms with E-state index in [0.717, 1.165) is 17.0 Å². The van der Waals surface area contributed by atoms with Crippen molar-refractivity contribution in [2.75, 3.05) is 11.9 Å². The van der Waals surface area contributed by atoms with Crippen LogP contribution in [0.2, 0.25) is 0 Å². The Hall–Kier alpha value is -1.69. The van der Waals surface area contributed by atoms with Gasteiger partial charge in [0.15, 0.2) is 0 Å². The molecule has 120 valence electrons. The van der Waals surface area contributed by atoms with Gasteiger partial charge in [0.05, 0.1) is 6.04 Å². The second-order valence-corrected chi connectivity index (χ2v) is 7.32. The first-order valence-corrected chi connectivity index (χ1v) is 8.55. The molecule has 3 amide bonds. The third-order valence-electron chi connectivity index (χ3n) is 3.58. The van der Waals surface area contributed by atoms with Crippen molar-refractivity contribution in [3.05, 3.63) is 29.3 Å². The molecule has 1 aliphatic rings. The van der Waals surface area contributed by atoms with Crippen LogP contribution in [0.5, 0.6) is 0 Å². The molecule has 1 saturated heterocycles. The van der Waals surface area contributed by atoms with Gasteiger partial charge >= 0.3 is 6.03 Å². The van der Waals surface area contributed by atoms with Gasteiger partial charge in [-0.3, -0.25) is 4.79 Å². The van der Waals surface area contributed by atoms with Crippen LogP contribution < -0.4 is 16.0 Å². The average molecular weight is 321 g/mol. The minimum atomic E-state index is -0.265. The van der Waals surface area contributed by atoms with Crippen molar-refractivity contribution in [3.63, 3.8) is 0 Å². The maximum Gasteiger partial charge on any atom is 0.319 e. The Balaban J connectivity index is 1.95. The van der Waals surface area contributed by atoms with E-state index < -0.39 is 0 Å². The second-order valence-electron chi connectivity index (χ2n) is 5.75. The Morgan fingerprint density at radius 1 is 1.45 bits per heavy atom. The molecule has 1 aromatic rings. The van der Waals surface area contributed by atoms with Gasteiger partial charge in [0.25, 0.3) is 0 Å². The largest absolute Gasteiger partial charge is 0.354 e. The van der Waals surface area contributed by atoms with Gasteiger partial charge in [-0.2, -0.15) is 11.8 Å². The first-order valence-electron chi connectivity index (χ1n) is 7.50. The summed E-state index contributed by atoms with van der Waals surface area (Å²) in [5.74, 6) is 0.913. The Morgan fingerprint density at radius 2 is 2.23 bits per heavy atom. The molecule has 0 unspecified atom stereocenters. The third-order valence-corrected chi connectivity index (χ3v) is 4.72. The fourth-order valence-electron chi connectivity index (χ4n) is 2.28. The van der Waals surface area contributed by atoms with Gasteiger partial charge < -0.3 is 16.0 Å². The first-order chi connectivity index (χ1) is 10.5.